The van der Waals surface area contributed by atoms with Crippen LogP contribution in [0.15, 0.2) is 18.2 Å². The Morgan fingerprint density at radius 3 is 2.59 bits per heavy atom. The molecule has 2 N–H and O–H groups in total. The van der Waals surface area contributed by atoms with Crippen LogP contribution in [0.25, 0.3) is 0 Å². The lowest BCUT2D eigenvalue weighted by atomic mass is 10.1. The summed E-state index contributed by atoms with van der Waals surface area (Å²) in [6.07, 6.45) is -0.158. The van der Waals surface area contributed by atoms with Crippen LogP contribution in [-0.4, -0.2) is 54.2 Å². The summed E-state index contributed by atoms with van der Waals surface area (Å²) in [7, 11) is 0. The number of carboxylic acids is 1. The van der Waals surface area contributed by atoms with Crippen LogP contribution in [-0.2, 0) is 14.3 Å². The van der Waals surface area contributed by atoms with E-state index >= 15 is 0 Å². The highest BCUT2D eigenvalue weighted by atomic mass is 35.5. The van der Waals surface area contributed by atoms with Crippen LogP contribution in [0.1, 0.15) is 6.42 Å². The van der Waals surface area contributed by atoms with E-state index in [0.717, 1.165) is 0 Å². The van der Waals surface area contributed by atoms with Crippen molar-refractivity contribution in [3.63, 3.8) is 0 Å². The lowest BCUT2D eigenvalue weighted by molar-refractivity contribution is -0.147. The maximum Gasteiger partial charge on any atom is 0.321 e. The third-order valence-corrected chi connectivity index (χ3v) is 3.90. The molecule has 0 bridgehead atoms. The average Bonchev–Trinajstić information content (AvgIpc) is 2.48. The highest BCUT2D eigenvalue weighted by Crippen LogP contribution is 2.25. The molecule has 1 saturated heterocycles. The zero-order valence-electron chi connectivity index (χ0n) is 11.7. The monoisotopic (exact) mass is 346 g/mol. The van der Waals surface area contributed by atoms with Gasteiger partial charge in [-0.15, -0.1) is 0 Å². The molecule has 8 heteroatoms. The number of morpholine rings is 1. The third kappa shape index (κ3) is 4.58. The first kappa shape index (κ1) is 17.0. The first-order valence-electron chi connectivity index (χ1n) is 6.77. The Hall–Kier alpha value is -1.34. The van der Waals surface area contributed by atoms with Gasteiger partial charge in [-0.3, -0.25) is 14.5 Å². The number of rotatable bonds is 5. The Balaban J connectivity index is 2.00. The van der Waals surface area contributed by atoms with Crippen molar-refractivity contribution in [2.75, 3.05) is 31.6 Å². The van der Waals surface area contributed by atoms with E-state index < -0.39 is 17.9 Å². The minimum atomic E-state index is -1.03. The van der Waals surface area contributed by atoms with Crippen molar-refractivity contribution >= 4 is 40.8 Å². The first-order chi connectivity index (χ1) is 10.5. The fourth-order valence-electron chi connectivity index (χ4n) is 2.23. The van der Waals surface area contributed by atoms with Crippen LogP contribution in [0.4, 0.5) is 5.69 Å². The number of hydrogen-bond acceptors (Lipinski definition) is 4. The molecule has 0 spiro atoms. The summed E-state index contributed by atoms with van der Waals surface area (Å²) in [5.74, 6) is -1.44. The summed E-state index contributed by atoms with van der Waals surface area (Å²) in [5.41, 5.74) is 0.405. The summed E-state index contributed by atoms with van der Waals surface area (Å²) >= 11 is 11.8. The number of nitrogens with zero attached hydrogens (tertiary/aromatic N) is 1. The second kappa shape index (κ2) is 7.78. The number of carbonyl (C=O) groups excluding carboxylic acids is 1. The third-order valence-electron chi connectivity index (χ3n) is 3.36. The normalized spacial score (nSPS) is 17.0. The molecule has 1 fully saturated rings. The minimum absolute atomic E-state index is 0.158. The van der Waals surface area contributed by atoms with Gasteiger partial charge in [0.1, 0.15) is 6.04 Å². The maximum absolute atomic E-state index is 12.1. The Labute approximate surface area is 137 Å². The van der Waals surface area contributed by atoms with Gasteiger partial charge < -0.3 is 15.2 Å². The molecular weight excluding hydrogens is 331 g/mol. The number of anilines is 1. The summed E-state index contributed by atoms with van der Waals surface area (Å²) in [4.78, 5) is 25.2. The summed E-state index contributed by atoms with van der Waals surface area (Å²) in [6, 6.07) is 3.80. The number of carboxylic acid groups (broad SMARTS) is 1. The zero-order valence-corrected chi connectivity index (χ0v) is 13.2. The Morgan fingerprint density at radius 2 is 2.00 bits per heavy atom. The molecule has 22 heavy (non-hydrogen) atoms. The number of hydrogen-bond donors (Lipinski definition) is 2. The standard InChI is InChI=1S/C14H16Cl2N2O4/c15-9-1-2-11(10(16)7-9)17-13(19)8-12(14(20)21)18-3-5-22-6-4-18/h1-2,7,12H,3-6,8H2,(H,17,19)(H,20,21)/t12-/m1/s1. The predicted octanol–water partition coefficient (Wildman–Crippen LogP) is 2.11. The summed E-state index contributed by atoms with van der Waals surface area (Å²) in [6.45, 7) is 1.92. The van der Waals surface area contributed by atoms with E-state index in [1.807, 2.05) is 0 Å². The fraction of sp³-hybridized carbons (Fsp3) is 0.429. The molecule has 0 aliphatic carbocycles. The maximum atomic E-state index is 12.1. The number of halogens is 2. The van der Waals surface area contributed by atoms with Crippen molar-refractivity contribution in [1.29, 1.82) is 0 Å². The van der Waals surface area contributed by atoms with Crippen LogP contribution in [0.5, 0.6) is 0 Å². The molecule has 120 valence electrons. The molecule has 1 aromatic rings. The number of carbonyl (C=O) groups is 2. The van der Waals surface area contributed by atoms with Gasteiger partial charge in [-0.2, -0.15) is 0 Å². The lowest BCUT2D eigenvalue weighted by Crippen LogP contribution is -2.48. The predicted molar refractivity (Wildman–Crippen MR) is 83.5 cm³/mol. The number of nitrogens with one attached hydrogen (secondary N) is 1. The van der Waals surface area contributed by atoms with Crippen molar-refractivity contribution in [2.45, 2.75) is 12.5 Å². The average molecular weight is 347 g/mol. The molecule has 0 radical (unpaired) electrons. The molecule has 1 aliphatic rings. The topological polar surface area (TPSA) is 78.9 Å². The Morgan fingerprint density at radius 1 is 1.32 bits per heavy atom. The van der Waals surface area contributed by atoms with Crippen molar-refractivity contribution in [1.82, 2.24) is 4.90 Å². The molecule has 1 aliphatic heterocycles. The quantitative estimate of drug-likeness (QED) is 0.853. The van der Waals surface area contributed by atoms with Gasteiger partial charge in [0, 0.05) is 18.1 Å². The van der Waals surface area contributed by atoms with Gasteiger partial charge in [0.2, 0.25) is 5.91 Å². The smallest absolute Gasteiger partial charge is 0.321 e. The second-order valence-corrected chi connectivity index (χ2v) is 5.72. The number of ether oxygens (including phenoxy) is 1. The lowest BCUT2D eigenvalue weighted by Gasteiger charge is -2.31. The van der Waals surface area contributed by atoms with E-state index in [0.29, 0.717) is 42.0 Å². The molecule has 1 heterocycles. The van der Waals surface area contributed by atoms with Crippen molar-refractivity contribution in [3.05, 3.63) is 28.2 Å². The fourth-order valence-corrected chi connectivity index (χ4v) is 2.69. The first-order valence-corrected chi connectivity index (χ1v) is 7.52. The van der Waals surface area contributed by atoms with Gasteiger partial charge in [-0.1, -0.05) is 23.2 Å². The highest BCUT2D eigenvalue weighted by Gasteiger charge is 2.29. The molecule has 0 saturated carbocycles. The second-order valence-electron chi connectivity index (χ2n) is 4.88. The molecule has 1 aromatic carbocycles. The number of aliphatic carboxylic acids is 1. The number of benzene rings is 1. The molecular formula is C14H16Cl2N2O4. The van der Waals surface area contributed by atoms with Crippen LogP contribution < -0.4 is 5.32 Å². The van der Waals surface area contributed by atoms with E-state index in [9.17, 15) is 14.7 Å². The molecule has 6 nitrogen and oxygen atoms in total. The van der Waals surface area contributed by atoms with Crippen molar-refractivity contribution in [2.24, 2.45) is 0 Å². The zero-order chi connectivity index (χ0) is 16.1. The van der Waals surface area contributed by atoms with Crippen LogP contribution in [0, 0.1) is 0 Å². The highest BCUT2D eigenvalue weighted by molar-refractivity contribution is 6.36. The Bertz CT molecular complexity index is 562. The van der Waals surface area contributed by atoms with E-state index in [4.69, 9.17) is 27.9 Å². The van der Waals surface area contributed by atoms with E-state index in [1.165, 1.54) is 6.07 Å². The molecule has 0 aromatic heterocycles. The SMILES string of the molecule is O=C(C[C@H](C(=O)O)N1CCOCC1)Nc1ccc(Cl)cc1Cl. The van der Waals surface area contributed by atoms with Crippen LogP contribution >= 0.6 is 23.2 Å². The van der Waals surface area contributed by atoms with E-state index in [1.54, 1.807) is 17.0 Å². The van der Waals surface area contributed by atoms with Crippen LogP contribution in [0.3, 0.4) is 0 Å². The van der Waals surface area contributed by atoms with E-state index in [-0.39, 0.29) is 6.42 Å². The molecule has 1 amide bonds. The molecule has 0 unspecified atom stereocenters. The van der Waals surface area contributed by atoms with Gasteiger partial charge >= 0.3 is 5.97 Å². The van der Waals surface area contributed by atoms with Gasteiger partial charge in [-0.05, 0) is 18.2 Å². The summed E-state index contributed by atoms with van der Waals surface area (Å²) in [5, 5.41) is 12.7. The van der Waals surface area contributed by atoms with Gasteiger partial charge in [0.25, 0.3) is 0 Å². The Kier molecular flexibility index (Phi) is 6.02. The van der Waals surface area contributed by atoms with E-state index in [2.05, 4.69) is 5.32 Å². The molecule has 1 atom stereocenters. The van der Waals surface area contributed by atoms with Gasteiger partial charge in [0.15, 0.2) is 0 Å². The minimum Gasteiger partial charge on any atom is -0.480 e. The molecule has 2 rings (SSSR count). The van der Waals surface area contributed by atoms with Crippen molar-refractivity contribution < 1.29 is 19.4 Å². The van der Waals surface area contributed by atoms with Crippen molar-refractivity contribution in [3.8, 4) is 0 Å². The largest absolute Gasteiger partial charge is 0.480 e. The summed E-state index contributed by atoms with van der Waals surface area (Å²) < 4.78 is 5.19. The van der Waals surface area contributed by atoms with Crippen LogP contribution in [0.2, 0.25) is 10.0 Å². The van der Waals surface area contributed by atoms with Gasteiger partial charge in [-0.25, -0.2) is 0 Å². The van der Waals surface area contributed by atoms with Gasteiger partial charge in [0.05, 0.1) is 30.3 Å². The number of amides is 1.